The van der Waals surface area contributed by atoms with Crippen LogP contribution >= 0.6 is 24.0 Å². The van der Waals surface area contributed by atoms with Crippen LogP contribution in [0, 0.1) is 5.41 Å². The average Bonchev–Trinajstić information content (AvgIpc) is 2.66. The molecule has 1 unspecified atom stereocenters. The van der Waals surface area contributed by atoms with Crippen LogP contribution in [0.25, 0.3) is 0 Å². The molecule has 6 nitrogen and oxygen atoms in total. The van der Waals surface area contributed by atoms with Crippen molar-refractivity contribution >= 4 is 29.9 Å². The van der Waals surface area contributed by atoms with Gasteiger partial charge >= 0.3 is 0 Å². The van der Waals surface area contributed by atoms with Gasteiger partial charge in [0.1, 0.15) is 11.4 Å². The lowest BCUT2D eigenvalue weighted by molar-refractivity contribution is -0.0106. The molecule has 0 radical (unpaired) electrons. The van der Waals surface area contributed by atoms with E-state index in [-0.39, 0.29) is 47.6 Å². The van der Waals surface area contributed by atoms with Crippen molar-refractivity contribution in [2.24, 2.45) is 10.4 Å². The van der Waals surface area contributed by atoms with Crippen molar-refractivity contribution in [3.63, 3.8) is 0 Å². The molecule has 2 aliphatic heterocycles. The van der Waals surface area contributed by atoms with Crippen molar-refractivity contribution in [3.8, 4) is 5.75 Å². The van der Waals surface area contributed by atoms with Crippen molar-refractivity contribution in [1.82, 2.24) is 10.6 Å². The summed E-state index contributed by atoms with van der Waals surface area (Å²) in [7, 11) is 0. The number of nitrogens with zero attached hydrogens (tertiary/aromatic N) is 1. The number of hydrogen-bond donors (Lipinski definition) is 3. The molecule has 1 atom stereocenters. The Morgan fingerprint density at radius 3 is 2.64 bits per heavy atom. The summed E-state index contributed by atoms with van der Waals surface area (Å²) in [5, 5.41) is 16.9. The number of aliphatic hydroxyl groups excluding tert-OH is 1. The van der Waals surface area contributed by atoms with Crippen molar-refractivity contribution in [2.45, 2.75) is 51.7 Å². The zero-order valence-electron chi connectivity index (χ0n) is 17.2. The Hall–Kier alpha value is -1.06. The van der Waals surface area contributed by atoms with Crippen LogP contribution in [0.5, 0.6) is 5.75 Å². The van der Waals surface area contributed by atoms with Gasteiger partial charge in [0, 0.05) is 37.2 Å². The molecule has 2 heterocycles. The van der Waals surface area contributed by atoms with E-state index >= 15 is 0 Å². The third kappa shape index (κ3) is 5.73. The average molecular weight is 503 g/mol. The summed E-state index contributed by atoms with van der Waals surface area (Å²) in [4.78, 5) is 4.83. The van der Waals surface area contributed by atoms with Gasteiger partial charge in [-0.05, 0) is 39.7 Å². The van der Waals surface area contributed by atoms with Crippen molar-refractivity contribution in [1.29, 1.82) is 0 Å². The number of nitrogens with one attached hydrogen (secondary N) is 2. The van der Waals surface area contributed by atoms with E-state index in [4.69, 9.17) is 14.5 Å². The Labute approximate surface area is 185 Å². The number of aliphatic hydroxyl groups is 1. The molecule has 158 valence electrons. The summed E-state index contributed by atoms with van der Waals surface area (Å²) in [5.41, 5.74) is 0.745. The fourth-order valence-electron chi connectivity index (χ4n) is 3.83. The number of halogens is 1. The second-order valence-corrected chi connectivity index (χ2v) is 8.27. The lowest BCUT2D eigenvalue weighted by atomic mass is 9.81. The van der Waals surface area contributed by atoms with Gasteiger partial charge in [-0.1, -0.05) is 18.2 Å². The largest absolute Gasteiger partial charge is 0.487 e. The molecule has 0 spiro atoms. The van der Waals surface area contributed by atoms with Gasteiger partial charge in [0.25, 0.3) is 0 Å². The number of hydrogen-bond acceptors (Lipinski definition) is 4. The number of guanidine groups is 1. The van der Waals surface area contributed by atoms with E-state index in [2.05, 4.69) is 37.5 Å². The van der Waals surface area contributed by atoms with Gasteiger partial charge in [0.2, 0.25) is 0 Å². The Morgan fingerprint density at radius 1 is 1.25 bits per heavy atom. The summed E-state index contributed by atoms with van der Waals surface area (Å²) in [6.07, 6.45) is 2.55. The zero-order chi connectivity index (χ0) is 19.3. The van der Waals surface area contributed by atoms with Crippen LogP contribution in [0.1, 0.15) is 51.6 Å². The molecule has 28 heavy (non-hydrogen) atoms. The van der Waals surface area contributed by atoms with Crippen molar-refractivity contribution < 1.29 is 14.6 Å². The van der Waals surface area contributed by atoms with E-state index in [9.17, 15) is 5.11 Å². The Bertz CT molecular complexity index is 660. The van der Waals surface area contributed by atoms with Gasteiger partial charge in [-0.2, -0.15) is 0 Å². The van der Waals surface area contributed by atoms with Crippen LogP contribution in [-0.4, -0.2) is 49.6 Å². The van der Waals surface area contributed by atoms with Crippen LogP contribution in [0.15, 0.2) is 29.3 Å². The summed E-state index contributed by atoms with van der Waals surface area (Å²) >= 11 is 0. The van der Waals surface area contributed by atoms with E-state index in [0.717, 1.165) is 43.1 Å². The van der Waals surface area contributed by atoms with Crippen LogP contribution in [0.2, 0.25) is 0 Å². The van der Waals surface area contributed by atoms with E-state index in [1.54, 1.807) is 0 Å². The number of benzene rings is 1. The second-order valence-electron chi connectivity index (χ2n) is 8.27. The van der Waals surface area contributed by atoms with E-state index in [1.165, 1.54) is 0 Å². The van der Waals surface area contributed by atoms with Crippen molar-refractivity contribution in [2.75, 3.05) is 32.9 Å². The SMILES string of the molecule is CCNC(=NCC1(CO)CCOCC1)NC1CC(C)(C)Oc2ccccc21.I. The molecule has 1 saturated heterocycles. The fourth-order valence-corrected chi connectivity index (χ4v) is 3.83. The topological polar surface area (TPSA) is 75.1 Å². The number of fused-ring (bicyclic) bond motifs is 1. The minimum atomic E-state index is -0.240. The lowest BCUT2D eigenvalue weighted by Gasteiger charge is -2.38. The number of para-hydroxylation sites is 1. The van der Waals surface area contributed by atoms with Crippen LogP contribution in [-0.2, 0) is 4.74 Å². The van der Waals surface area contributed by atoms with Gasteiger partial charge in [-0.25, -0.2) is 0 Å². The molecule has 3 N–H and O–H groups in total. The van der Waals surface area contributed by atoms with E-state index < -0.39 is 0 Å². The first-order valence-corrected chi connectivity index (χ1v) is 9.98. The first kappa shape index (κ1) is 23.2. The first-order chi connectivity index (χ1) is 13.0. The zero-order valence-corrected chi connectivity index (χ0v) is 19.5. The number of aliphatic imine (C=N–C) groups is 1. The lowest BCUT2D eigenvalue weighted by Crippen LogP contribution is -2.46. The van der Waals surface area contributed by atoms with Crippen LogP contribution in [0.4, 0.5) is 0 Å². The highest BCUT2D eigenvalue weighted by Gasteiger charge is 2.35. The summed E-state index contributed by atoms with van der Waals surface area (Å²) < 4.78 is 11.6. The number of ether oxygens (including phenoxy) is 2. The quantitative estimate of drug-likeness (QED) is 0.327. The molecule has 1 aromatic rings. The highest BCUT2D eigenvalue weighted by atomic mass is 127. The molecule has 0 amide bonds. The molecule has 0 saturated carbocycles. The molecule has 0 aliphatic carbocycles. The van der Waals surface area contributed by atoms with Gasteiger partial charge < -0.3 is 25.2 Å². The minimum absolute atomic E-state index is 0. The monoisotopic (exact) mass is 503 g/mol. The molecular weight excluding hydrogens is 469 g/mol. The third-order valence-corrected chi connectivity index (χ3v) is 5.49. The Balaban J connectivity index is 0.00000280. The summed E-state index contributed by atoms with van der Waals surface area (Å²) in [6, 6.07) is 8.31. The molecule has 7 heteroatoms. The van der Waals surface area contributed by atoms with Crippen LogP contribution in [0.3, 0.4) is 0 Å². The molecule has 2 aliphatic rings. The standard InChI is InChI=1S/C21H33N3O3.HI/c1-4-22-19(23-14-21(15-25)9-11-26-12-10-21)24-17-13-20(2,3)27-18-8-6-5-7-16(17)18;/h5-8,17,25H,4,9-15H2,1-3H3,(H2,22,23,24);1H. The summed E-state index contributed by atoms with van der Waals surface area (Å²) in [6.45, 7) is 9.21. The molecule has 3 rings (SSSR count). The van der Waals surface area contributed by atoms with Gasteiger partial charge in [-0.15, -0.1) is 24.0 Å². The Morgan fingerprint density at radius 2 is 1.96 bits per heavy atom. The minimum Gasteiger partial charge on any atom is -0.487 e. The van der Waals surface area contributed by atoms with E-state index in [0.29, 0.717) is 19.8 Å². The molecular formula is C21H34IN3O3. The highest BCUT2D eigenvalue weighted by molar-refractivity contribution is 14.0. The number of rotatable bonds is 5. The molecule has 1 fully saturated rings. The third-order valence-electron chi connectivity index (χ3n) is 5.49. The maximum Gasteiger partial charge on any atom is 0.191 e. The predicted octanol–water partition coefficient (Wildman–Crippen LogP) is 3.25. The second kappa shape index (κ2) is 10.1. The first-order valence-electron chi connectivity index (χ1n) is 9.98. The molecule has 0 bridgehead atoms. The predicted molar refractivity (Wildman–Crippen MR) is 123 cm³/mol. The normalized spacial score (nSPS) is 23.0. The summed E-state index contributed by atoms with van der Waals surface area (Å²) in [5.74, 6) is 1.72. The Kier molecular flexibility index (Phi) is 8.39. The van der Waals surface area contributed by atoms with Crippen LogP contribution < -0.4 is 15.4 Å². The highest BCUT2D eigenvalue weighted by Crippen LogP contribution is 2.39. The molecule has 1 aromatic carbocycles. The van der Waals surface area contributed by atoms with Gasteiger partial charge in [0.15, 0.2) is 5.96 Å². The fraction of sp³-hybridized carbons (Fsp3) is 0.667. The van der Waals surface area contributed by atoms with Gasteiger partial charge in [-0.3, -0.25) is 4.99 Å². The maximum atomic E-state index is 9.92. The van der Waals surface area contributed by atoms with Crippen molar-refractivity contribution in [3.05, 3.63) is 29.8 Å². The van der Waals surface area contributed by atoms with Gasteiger partial charge in [0.05, 0.1) is 19.2 Å². The smallest absolute Gasteiger partial charge is 0.191 e. The molecule has 0 aromatic heterocycles. The van der Waals surface area contributed by atoms with E-state index in [1.807, 2.05) is 18.2 Å². The maximum absolute atomic E-state index is 9.92.